The summed E-state index contributed by atoms with van der Waals surface area (Å²) in [6.07, 6.45) is 0. The van der Waals surface area contributed by atoms with E-state index in [1.165, 1.54) is 12.1 Å². The van der Waals surface area contributed by atoms with Gasteiger partial charge < -0.3 is 14.8 Å². The van der Waals surface area contributed by atoms with Crippen LogP contribution in [0.25, 0.3) is 10.8 Å². The van der Waals surface area contributed by atoms with Crippen LogP contribution in [0.3, 0.4) is 0 Å². The van der Waals surface area contributed by atoms with Crippen molar-refractivity contribution in [2.24, 2.45) is 10.2 Å². The quantitative estimate of drug-likeness (QED) is 0.520. The number of halogens is 1. The van der Waals surface area contributed by atoms with E-state index in [9.17, 15) is 28.0 Å². The van der Waals surface area contributed by atoms with Crippen molar-refractivity contribution < 1.29 is 28.0 Å². The summed E-state index contributed by atoms with van der Waals surface area (Å²) in [7, 11) is -4.82. The Hall–Kier alpha value is -3.01. The monoisotopic (exact) mass is 404 g/mol. The van der Waals surface area contributed by atoms with Crippen LogP contribution < -0.4 is 5.11 Å². The molecule has 0 radical (unpaired) electrons. The molecule has 0 saturated carbocycles. The van der Waals surface area contributed by atoms with E-state index in [0.29, 0.717) is 10.8 Å². The third-order valence-corrected chi connectivity index (χ3v) is 4.97. The number of rotatable bonds is 4. The van der Waals surface area contributed by atoms with Crippen LogP contribution in [-0.2, 0) is 10.1 Å². The minimum Gasteiger partial charge on any atom is -0.870 e. The summed E-state index contributed by atoms with van der Waals surface area (Å²) in [5, 5.41) is 29.8. The van der Waals surface area contributed by atoms with Gasteiger partial charge in [-0.3, -0.25) is 0 Å². The number of benzene rings is 3. The first-order chi connectivity index (χ1) is 12.7. The normalized spacial score (nSPS) is 11.9. The fourth-order valence-electron chi connectivity index (χ4n) is 2.42. The van der Waals surface area contributed by atoms with Crippen molar-refractivity contribution in [1.82, 2.24) is 0 Å². The molecule has 3 aromatic carbocycles. The Labute approximate surface area is 158 Å². The number of azo groups is 1. The molecule has 0 fully saturated rings. The summed E-state index contributed by atoms with van der Waals surface area (Å²) >= 11 is 5.69. The van der Waals surface area contributed by atoms with Gasteiger partial charge in [0, 0.05) is 5.39 Å². The smallest absolute Gasteiger partial charge is 0.335 e. The Morgan fingerprint density at radius 2 is 1.78 bits per heavy atom. The molecule has 0 aliphatic heterocycles. The largest absolute Gasteiger partial charge is 0.870 e. The molecule has 0 atom stereocenters. The molecule has 0 aromatic heterocycles. The van der Waals surface area contributed by atoms with E-state index in [2.05, 4.69) is 10.2 Å². The lowest BCUT2D eigenvalue weighted by atomic mass is 10.0. The zero-order chi connectivity index (χ0) is 19.8. The molecule has 0 heterocycles. The predicted octanol–water partition coefficient (Wildman–Crippen LogP) is 3.58. The maximum absolute atomic E-state index is 12.4. The summed E-state index contributed by atoms with van der Waals surface area (Å²) < 4.78 is 33.6. The van der Waals surface area contributed by atoms with E-state index in [1.54, 1.807) is 24.3 Å². The molecule has 0 amide bonds. The van der Waals surface area contributed by atoms with E-state index in [0.717, 1.165) is 12.1 Å². The van der Waals surface area contributed by atoms with Gasteiger partial charge in [-0.05, 0) is 29.7 Å². The summed E-state index contributed by atoms with van der Waals surface area (Å²) in [5.41, 5.74) is -0.730. The van der Waals surface area contributed by atoms with E-state index < -0.39 is 32.3 Å². The highest BCUT2D eigenvalue weighted by Gasteiger charge is 2.12. The number of nitrogens with zero attached hydrogens (tertiary/aromatic N) is 2. The molecule has 8 nitrogen and oxygen atoms in total. The summed E-state index contributed by atoms with van der Waals surface area (Å²) in [6, 6.07) is 11.1. The maximum atomic E-state index is 12.4. The molecule has 1 N–H and O–H groups in total. The Bertz CT molecular complexity index is 1210. The van der Waals surface area contributed by atoms with Gasteiger partial charge in [0.1, 0.15) is 10.1 Å². The number of carboxylic acid groups (broad SMARTS) is 1. The predicted molar refractivity (Wildman–Crippen MR) is 93.9 cm³/mol. The lowest BCUT2D eigenvalue weighted by Gasteiger charge is -2.15. The molecule has 0 spiro atoms. The van der Waals surface area contributed by atoms with Gasteiger partial charge in [-0.15, -0.1) is 0 Å². The SMILES string of the molecule is O=C(O)c1cc2ccccc2c(N=Nc2ccc(Cl)c(S(=O)(=O)[O-])c2)c1[O-]. The highest BCUT2D eigenvalue weighted by molar-refractivity contribution is 7.85. The van der Waals surface area contributed by atoms with Gasteiger partial charge in [-0.25, -0.2) is 13.2 Å². The van der Waals surface area contributed by atoms with Crippen LogP contribution >= 0.6 is 11.6 Å². The highest BCUT2D eigenvalue weighted by atomic mass is 35.5. The van der Waals surface area contributed by atoms with Gasteiger partial charge in [0.15, 0.2) is 0 Å². The molecule has 27 heavy (non-hydrogen) atoms. The van der Waals surface area contributed by atoms with Gasteiger partial charge in [0.25, 0.3) is 0 Å². The van der Waals surface area contributed by atoms with E-state index in [4.69, 9.17) is 11.6 Å². The van der Waals surface area contributed by atoms with Crippen molar-refractivity contribution in [3.63, 3.8) is 0 Å². The Morgan fingerprint density at radius 3 is 2.44 bits per heavy atom. The molecule has 0 unspecified atom stereocenters. The van der Waals surface area contributed by atoms with Crippen molar-refractivity contribution in [2.45, 2.75) is 4.90 Å². The lowest BCUT2D eigenvalue weighted by molar-refractivity contribution is -0.267. The van der Waals surface area contributed by atoms with Crippen molar-refractivity contribution in [3.8, 4) is 5.75 Å². The van der Waals surface area contributed by atoms with Crippen molar-refractivity contribution in [1.29, 1.82) is 0 Å². The number of carboxylic acids is 1. The lowest BCUT2D eigenvalue weighted by Crippen LogP contribution is -2.04. The van der Waals surface area contributed by atoms with Gasteiger partial charge in [0.05, 0.1) is 26.9 Å². The third-order valence-electron chi connectivity index (χ3n) is 3.66. The minimum absolute atomic E-state index is 0.0435. The molecule has 0 saturated heterocycles. The number of hydrogen-bond donors (Lipinski definition) is 1. The summed E-state index contributed by atoms with van der Waals surface area (Å²) in [4.78, 5) is 10.6. The van der Waals surface area contributed by atoms with Crippen molar-refractivity contribution >= 4 is 49.8 Å². The zero-order valence-corrected chi connectivity index (χ0v) is 14.9. The molecule has 138 valence electrons. The Morgan fingerprint density at radius 1 is 1.07 bits per heavy atom. The number of carbonyl (C=O) groups is 1. The third kappa shape index (κ3) is 3.75. The molecular weight excluding hydrogens is 396 g/mol. The van der Waals surface area contributed by atoms with Gasteiger partial charge in [-0.1, -0.05) is 41.6 Å². The second kappa shape index (κ2) is 6.95. The maximum Gasteiger partial charge on any atom is 0.335 e. The van der Waals surface area contributed by atoms with Crippen LogP contribution in [0.1, 0.15) is 10.4 Å². The number of hydrogen-bond acceptors (Lipinski definition) is 7. The van der Waals surface area contributed by atoms with Gasteiger partial charge in [0.2, 0.25) is 0 Å². The van der Waals surface area contributed by atoms with Crippen LogP contribution in [0, 0.1) is 0 Å². The van der Waals surface area contributed by atoms with Gasteiger partial charge >= 0.3 is 5.97 Å². The first kappa shape index (κ1) is 18.8. The topological polar surface area (TPSA) is 142 Å². The summed E-state index contributed by atoms with van der Waals surface area (Å²) in [5.74, 6) is -2.25. The molecule has 10 heteroatoms. The molecular formula is C17H9ClN2O6S-2. The number of aromatic carboxylic acids is 1. The first-order valence-corrected chi connectivity index (χ1v) is 9.10. The average molecular weight is 405 g/mol. The van der Waals surface area contributed by atoms with Crippen LogP contribution in [0.5, 0.6) is 5.75 Å². The first-order valence-electron chi connectivity index (χ1n) is 7.31. The fraction of sp³-hybridized carbons (Fsp3) is 0. The Balaban J connectivity index is 2.17. The summed E-state index contributed by atoms with van der Waals surface area (Å²) in [6.45, 7) is 0. The van der Waals surface area contributed by atoms with Crippen LogP contribution in [0.15, 0.2) is 63.7 Å². The van der Waals surface area contributed by atoms with Crippen molar-refractivity contribution in [3.05, 3.63) is 59.1 Å². The average Bonchev–Trinajstić information content (AvgIpc) is 2.60. The number of fused-ring (bicyclic) bond motifs is 1. The van der Waals surface area contributed by atoms with E-state index in [-0.39, 0.29) is 16.4 Å². The molecule has 0 aliphatic rings. The van der Waals surface area contributed by atoms with Crippen LogP contribution in [0.2, 0.25) is 5.02 Å². The minimum atomic E-state index is -4.82. The highest BCUT2D eigenvalue weighted by Crippen LogP contribution is 2.38. The second-order valence-electron chi connectivity index (χ2n) is 5.40. The van der Waals surface area contributed by atoms with E-state index >= 15 is 0 Å². The molecule has 0 aliphatic carbocycles. The van der Waals surface area contributed by atoms with Gasteiger partial charge in [-0.2, -0.15) is 10.2 Å². The fourth-order valence-corrected chi connectivity index (χ4v) is 3.39. The molecule has 3 rings (SSSR count). The zero-order valence-electron chi connectivity index (χ0n) is 13.3. The second-order valence-corrected chi connectivity index (χ2v) is 7.15. The Kier molecular flexibility index (Phi) is 4.83. The van der Waals surface area contributed by atoms with Crippen molar-refractivity contribution in [2.75, 3.05) is 0 Å². The van der Waals surface area contributed by atoms with Crippen LogP contribution in [0.4, 0.5) is 11.4 Å². The van der Waals surface area contributed by atoms with Crippen LogP contribution in [-0.4, -0.2) is 24.0 Å². The molecule has 0 bridgehead atoms. The van der Waals surface area contributed by atoms with E-state index in [1.807, 2.05) is 0 Å². The molecule has 3 aromatic rings. The standard InChI is InChI=1S/C17H11ClN2O6S/c18-13-6-5-10(8-14(13)27(24,25)26)19-20-15-11-4-2-1-3-9(11)7-12(16(15)21)17(22)23/h1-8,21H,(H,22,23)(H,24,25,26)/p-2.